The molecule has 0 radical (unpaired) electrons. The highest BCUT2D eigenvalue weighted by molar-refractivity contribution is 5.72. The number of nitrogens with zero attached hydrogens (tertiary/aromatic N) is 1. The Hall–Kier alpha value is -1.89. The zero-order valence-electron chi connectivity index (χ0n) is 19.1. The lowest BCUT2D eigenvalue weighted by Gasteiger charge is -2.38. The lowest BCUT2D eigenvalue weighted by molar-refractivity contribution is -0.134. The largest absolute Gasteiger partial charge is 0.426 e. The van der Waals surface area contributed by atoms with E-state index >= 15 is 0 Å². The summed E-state index contributed by atoms with van der Waals surface area (Å²) in [5.41, 5.74) is -0.0402. The van der Waals surface area contributed by atoms with E-state index in [1.807, 2.05) is 0 Å². The van der Waals surface area contributed by atoms with Crippen LogP contribution in [0.4, 0.5) is 4.39 Å². The van der Waals surface area contributed by atoms with Crippen LogP contribution in [0.25, 0.3) is 0 Å². The summed E-state index contributed by atoms with van der Waals surface area (Å²) in [7, 11) is 0. The first-order valence-corrected chi connectivity index (χ1v) is 12.5. The molecule has 0 atom stereocenters. The van der Waals surface area contributed by atoms with Gasteiger partial charge in [-0.05, 0) is 67.9 Å². The molecule has 2 saturated carbocycles. The lowest BCUT2D eigenvalue weighted by atomic mass is 9.68. The molecule has 2 aliphatic rings. The molecule has 3 rings (SSSR count). The molecular formula is C27H38FNO2. The van der Waals surface area contributed by atoms with Crippen molar-refractivity contribution in [3.05, 3.63) is 29.6 Å². The van der Waals surface area contributed by atoms with Gasteiger partial charge in [0.2, 0.25) is 0 Å². The summed E-state index contributed by atoms with van der Waals surface area (Å²) in [6.07, 6.45) is 17.6. The van der Waals surface area contributed by atoms with E-state index in [2.05, 4.69) is 6.92 Å². The van der Waals surface area contributed by atoms with Gasteiger partial charge in [-0.25, -0.2) is 4.39 Å². The Kier molecular flexibility index (Phi) is 9.37. The molecule has 2 fully saturated rings. The minimum absolute atomic E-state index is 0.0402. The van der Waals surface area contributed by atoms with E-state index in [1.165, 1.54) is 89.2 Å². The van der Waals surface area contributed by atoms with Crippen molar-refractivity contribution in [3.63, 3.8) is 0 Å². The number of ether oxygens (including phenoxy) is 1. The Bertz CT molecular complexity index is 740. The molecule has 31 heavy (non-hydrogen) atoms. The van der Waals surface area contributed by atoms with Crippen LogP contribution in [-0.2, 0) is 4.79 Å². The van der Waals surface area contributed by atoms with Gasteiger partial charge < -0.3 is 4.74 Å². The van der Waals surface area contributed by atoms with E-state index in [0.717, 1.165) is 30.2 Å². The Morgan fingerprint density at radius 1 is 1.00 bits per heavy atom. The molecule has 170 valence electrons. The van der Waals surface area contributed by atoms with E-state index < -0.39 is 5.82 Å². The van der Waals surface area contributed by atoms with Crippen LogP contribution in [-0.4, -0.2) is 5.97 Å². The third-order valence-corrected chi connectivity index (χ3v) is 7.71. The standard InChI is InChI=1S/C27H38FNO2/c1-2-3-4-5-20-6-11-22(12-7-20)23-13-8-21(9-14-23)10-17-27(30)31-25-16-15-24(19-29)26(28)18-25/h15-16,18,20-23H,2-14,17H2,1H3/t20-,21?,22-,23?. The van der Waals surface area contributed by atoms with Crippen molar-refractivity contribution in [2.24, 2.45) is 23.7 Å². The van der Waals surface area contributed by atoms with Gasteiger partial charge in [0.15, 0.2) is 0 Å². The highest BCUT2D eigenvalue weighted by atomic mass is 19.1. The highest BCUT2D eigenvalue weighted by Crippen LogP contribution is 2.43. The second-order valence-electron chi connectivity index (χ2n) is 9.82. The number of hydrogen-bond acceptors (Lipinski definition) is 3. The molecule has 0 spiro atoms. The first-order chi connectivity index (χ1) is 15.1. The van der Waals surface area contributed by atoms with E-state index in [4.69, 9.17) is 10.00 Å². The second kappa shape index (κ2) is 12.2. The number of nitriles is 1. The van der Waals surface area contributed by atoms with Gasteiger partial charge in [-0.1, -0.05) is 58.3 Å². The highest BCUT2D eigenvalue weighted by Gasteiger charge is 2.30. The zero-order valence-corrected chi connectivity index (χ0v) is 19.1. The maximum Gasteiger partial charge on any atom is 0.311 e. The van der Waals surface area contributed by atoms with Crippen molar-refractivity contribution in [3.8, 4) is 11.8 Å². The predicted octanol–water partition coefficient (Wildman–Crippen LogP) is 7.58. The lowest BCUT2D eigenvalue weighted by Crippen LogP contribution is -2.26. The first-order valence-electron chi connectivity index (χ1n) is 12.5. The van der Waals surface area contributed by atoms with Crippen LogP contribution in [0.1, 0.15) is 102 Å². The van der Waals surface area contributed by atoms with Gasteiger partial charge in [0.1, 0.15) is 17.6 Å². The fraction of sp³-hybridized carbons (Fsp3) is 0.704. The number of carbonyl (C=O) groups is 1. The fourth-order valence-electron chi connectivity index (χ4n) is 5.73. The van der Waals surface area contributed by atoms with Gasteiger partial charge in [-0.2, -0.15) is 5.26 Å². The zero-order chi connectivity index (χ0) is 22.1. The van der Waals surface area contributed by atoms with Gasteiger partial charge in [0.25, 0.3) is 0 Å². The van der Waals surface area contributed by atoms with E-state index in [1.54, 1.807) is 6.07 Å². The molecule has 0 unspecified atom stereocenters. The normalized spacial score (nSPS) is 26.2. The van der Waals surface area contributed by atoms with E-state index in [-0.39, 0.29) is 17.3 Å². The topological polar surface area (TPSA) is 50.1 Å². The maximum absolute atomic E-state index is 13.6. The Labute approximate surface area is 187 Å². The van der Waals surface area contributed by atoms with Gasteiger partial charge in [-0.3, -0.25) is 4.79 Å². The third kappa shape index (κ3) is 7.34. The van der Waals surface area contributed by atoms with Crippen LogP contribution in [0.15, 0.2) is 18.2 Å². The number of benzene rings is 1. The second-order valence-corrected chi connectivity index (χ2v) is 9.82. The van der Waals surface area contributed by atoms with E-state index in [9.17, 15) is 9.18 Å². The molecule has 0 aliphatic heterocycles. The van der Waals surface area contributed by atoms with Crippen LogP contribution >= 0.6 is 0 Å². The summed E-state index contributed by atoms with van der Waals surface area (Å²) < 4.78 is 18.9. The molecule has 1 aromatic rings. The molecule has 4 heteroatoms. The third-order valence-electron chi connectivity index (χ3n) is 7.71. The molecule has 0 aromatic heterocycles. The van der Waals surface area contributed by atoms with Crippen molar-refractivity contribution in [2.45, 2.75) is 96.8 Å². The molecular weight excluding hydrogens is 389 g/mol. The molecule has 0 amide bonds. The van der Waals surface area contributed by atoms with Crippen LogP contribution in [0.3, 0.4) is 0 Å². The van der Waals surface area contributed by atoms with Crippen molar-refractivity contribution in [1.29, 1.82) is 5.26 Å². The number of rotatable bonds is 9. The average molecular weight is 428 g/mol. The van der Waals surface area contributed by atoms with Crippen LogP contribution in [0, 0.1) is 40.8 Å². The Morgan fingerprint density at radius 3 is 2.16 bits per heavy atom. The molecule has 1 aromatic carbocycles. The van der Waals surface area contributed by atoms with Crippen molar-refractivity contribution < 1.29 is 13.9 Å². The minimum Gasteiger partial charge on any atom is -0.426 e. The minimum atomic E-state index is -0.652. The predicted molar refractivity (Wildman–Crippen MR) is 121 cm³/mol. The molecule has 3 nitrogen and oxygen atoms in total. The molecule has 0 bridgehead atoms. The summed E-state index contributed by atoms with van der Waals surface area (Å²) >= 11 is 0. The maximum atomic E-state index is 13.6. The van der Waals surface area contributed by atoms with Crippen molar-refractivity contribution in [2.75, 3.05) is 0 Å². The number of carbonyl (C=O) groups excluding carboxylic acids is 1. The molecule has 0 N–H and O–H groups in total. The summed E-state index contributed by atoms with van der Waals surface area (Å²) in [4.78, 5) is 12.1. The Balaban J connectivity index is 1.32. The van der Waals surface area contributed by atoms with Gasteiger partial charge in [0.05, 0.1) is 5.56 Å². The van der Waals surface area contributed by atoms with Crippen LogP contribution in [0.5, 0.6) is 5.75 Å². The fourth-order valence-corrected chi connectivity index (χ4v) is 5.73. The first kappa shape index (κ1) is 23.8. The number of halogens is 1. The van der Waals surface area contributed by atoms with Gasteiger partial charge in [0, 0.05) is 12.5 Å². The van der Waals surface area contributed by atoms with Crippen LogP contribution in [0.2, 0.25) is 0 Å². The van der Waals surface area contributed by atoms with Gasteiger partial charge >= 0.3 is 5.97 Å². The number of unbranched alkanes of at least 4 members (excludes halogenated alkanes) is 2. The molecule has 0 heterocycles. The molecule has 2 aliphatic carbocycles. The van der Waals surface area contributed by atoms with Gasteiger partial charge in [-0.15, -0.1) is 0 Å². The quantitative estimate of drug-likeness (QED) is 0.232. The van der Waals surface area contributed by atoms with E-state index in [0.29, 0.717) is 12.3 Å². The summed E-state index contributed by atoms with van der Waals surface area (Å²) in [5.74, 6) is 2.62. The summed E-state index contributed by atoms with van der Waals surface area (Å²) in [6, 6.07) is 5.70. The number of hydrogen-bond donors (Lipinski definition) is 0. The monoisotopic (exact) mass is 427 g/mol. The molecule has 0 saturated heterocycles. The number of esters is 1. The Morgan fingerprint density at radius 2 is 1.61 bits per heavy atom. The van der Waals surface area contributed by atoms with Crippen molar-refractivity contribution in [1.82, 2.24) is 0 Å². The SMILES string of the molecule is CCCCC[C@H]1CC[C@H](C2CCC(CCC(=O)Oc3ccc(C#N)c(F)c3)CC2)CC1. The van der Waals surface area contributed by atoms with Crippen molar-refractivity contribution >= 4 is 5.97 Å². The van der Waals surface area contributed by atoms with Crippen LogP contribution < -0.4 is 4.74 Å². The summed E-state index contributed by atoms with van der Waals surface area (Å²) in [5, 5.41) is 8.77. The average Bonchev–Trinajstić information content (AvgIpc) is 2.79. The summed E-state index contributed by atoms with van der Waals surface area (Å²) in [6.45, 7) is 2.28. The smallest absolute Gasteiger partial charge is 0.311 e.